The van der Waals surface area contributed by atoms with Crippen molar-refractivity contribution in [3.8, 4) is 0 Å². The van der Waals surface area contributed by atoms with Gasteiger partial charge in [0, 0.05) is 31.0 Å². The van der Waals surface area contributed by atoms with Crippen LogP contribution in [0.25, 0.3) is 0 Å². The second-order valence-corrected chi connectivity index (χ2v) is 4.37. The fraction of sp³-hybridized carbons (Fsp3) is 0.417. The molecule has 1 fully saturated rings. The maximum absolute atomic E-state index is 12.1. The Morgan fingerprint density at radius 3 is 2.53 bits per heavy atom. The Labute approximate surface area is 99.1 Å². The molecule has 17 heavy (non-hydrogen) atoms. The molecule has 0 aliphatic carbocycles. The standard InChI is InChI=1S/C12H14N2O3/c1-8-6-14(7-10(8)12(16)17)11(15)9-2-4-13-5-3-9/h2-5,8,10H,6-7H2,1H3,(H,16,17). The quantitative estimate of drug-likeness (QED) is 0.824. The van der Waals surface area contributed by atoms with Crippen LogP contribution in [0.1, 0.15) is 17.3 Å². The van der Waals surface area contributed by atoms with Gasteiger partial charge in [-0.1, -0.05) is 6.92 Å². The number of hydrogen-bond donors (Lipinski definition) is 1. The fourth-order valence-corrected chi connectivity index (χ4v) is 2.13. The summed E-state index contributed by atoms with van der Waals surface area (Å²) in [4.78, 5) is 28.5. The second kappa shape index (κ2) is 4.53. The maximum Gasteiger partial charge on any atom is 0.308 e. The van der Waals surface area contributed by atoms with E-state index in [1.165, 1.54) is 0 Å². The van der Waals surface area contributed by atoms with Gasteiger partial charge in [-0.15, -0.1) is 0 Å². The van der Waals surface area contributed by atoms with Gasteiger partial charge in [0.05, 0.1) is 5.92 Å². The van der Waals surface area contributed by atoms with Crippen molar-refractivity contribution in [2.24, 2.45) is 11.8 Å². The first-order valence-corrected chi connectivity index (χ1v) is 5.51. The van der Waals surface area contributed by atoms with Gasteiger partial charge < -0.3 is 10.0 Å². The number of carboxylic acids is 1. The van der Waals surface area contributed by atoms with E-state index < -0.39 is 11.9 Å². The lowest BCUT2D eigenvalue weighted by atomic mass is 9.99. The number of carbonyl (C=O) groups excluding carboxylic acids is 1. The SMILES string of the molecule is CC1CN(C(=O)c2ccncc2)CC1C(=O)O. The Bertz CT molecular complexity index is 433. The Hall–Kier alpha value is -1.91. The van der Waals surface area contributed by atoms with Crippen molar-refractivity contribution in [1.82, 2.24) is 9.88 Å². The van der Waals surface area contributed by atoms with Crippen LogP contribution >= 0.6 is 0 Å². The highest BCUT2D eigenvalue weighted by Gasteiger charge is 2.37. The Kier molecular flexibility index (Phi) is 3.08. The molecular formula is C12H14N2O3. The summed E-state index contributed by atoms with van der Waals surface area (Å²) < 4.78 is 0. The smallest absolute Gasteiger partial charge is 0.308 e. The van der Waals surface area contributed by atoms with Crippen molar-refractivity contribution in [2.75, 3.05) is 13.1 Å². The number of likely N-dealkylation sites (tertiary alicyclic amines) is 1. The molecule has 0 radical (unpaired) electrons. The summed E-state index contributed by atoms with van der Waals surface area (Å²) in [7, 11) is 0. The number of aromatic nitrogens is 1. The first kappa shape index (κ1) is 11.6. The summed E-state index contributed by atoms with van der Waals surface area (Å²) in [6.07, 6.45) is 3.11. The first-order valence-electron chi connectivity index (χ1n) is 5.51. The summed E-state index contributed by atoms with van der Waals surface area (Å²) >= 11 is 0. The number of amides is 1. The molecule has 0 spiro atoms. The summed E-state index contributed by atoms with van der Waals surface area (Å²) in [5, 5.41) is 9.01. The second-order valence-electron chi connectivity index (χ2n) is 4.37. The van der Waals surface area contributed by atoms with E-state index in [0.29, 0.717) is 12.1 Å². The van der Waals surface area contributed by atoms with Crippen molar-refractivity contribution in [2.45, 2.75) is 6.92 Å². The summed E-state index contributed by atoms with van der Waals surface area (Å²) in [6.45, 7) is 2.65. The van der Waals surface area contributed by atoms with Gasteiger partial charge in [-0.05, 0) is 18.1 Å². The molecule has 1 saturated heterocycles. The molecule has 1 aromatic rings. The Balaban J connectivity index is 2.11. The van der Waals surface area contributed by atoms with E-state index >= 15 is 0 Å². The molecule has 0 aromatic carbocycles. The predicted molar refractivity (Wildman–Crippen MR) is 60.4 cm³/mol. The molecule has 0 saturated carbocycles. The predicted octanol–water partition coefficient (Wildman–Crippen LogP) is 0.874. The summed E-state index contributed by atoms with van der Waals surface area (Å²) in [5.41, 5.74) is 0.554. The number of rotatable bonds is 2. The summed E-state index contributed by atoms with van der Waals surface area (Å²) in [5.74, 6) is -1.41. The molecule has 90 valence electrons. The molecule has 1 aromatic heterocycles. The van der Waals surface area contributed by atoms with Gasteiger partial charge in [-0.2, -0.15) is 0 Å². The third-order valence-corrected chi connectivity index (χ3v) is 3.14. The van der Waals surface area contributed by atoms with E-state index in [-0.39, 0.29) is 18.4 Å². The van der Waals surface area contributed by atoms with Crippen LogP contribution in [0.5, 0.6) is 0 Å². The molecule has 2 rings (SSSR count). The molecule has 0 bridgehead atoms. The monoisotopic (exact) mass is 234 g/mol. The van der Waals surface area contributed by atoms with Crippen LogP contribution in [0.15, 0.2) is 24.5 Å². The van der Waals surface area contributed by atoms with Gasteiger partial charge >= 0.3 is 5.97 Å². The molecular weight excluding hydrogens is 220 g/mol. The molecule has 2 unspecified atom stereocenters. The zero-order valence-electron chi connectivity index (χ0n) is 9.54. The van der Waals surface area contributed by atoms with Gasteiger partial charge in [0.2, 0.25) is 0 Å². The fourth-order valence-electron chi connectivity index (χ4n) is 2.13. The van der Waals surface area contributed by atoms with Crippen molar-refractivity contribution in [1.29, 1.82) is 0 Å². The largest absolute Gasteiger partial charge is 0.481 e. The van der Waals surface area contributed by atoms with Crippen LogP contribution < -0.4 is 0 Å². The van der Waals surface area contributed by atoms with Gasteiger partial charge in [-0.3, -0.25) is 14.6 Å². The number of carboxylic acid groups (broad SMARTS) is 1. The highest BCUT2D eigenvalue weighted by atomic mass is 16.4. The van der Waals surface area contributed by atoms with Gasteiger partial charge in [0.25, 0.3) is 5.91 Å². The molecule has 1 N–H and O–H groups in total. The van der Waals surface area contributed by atoms with Gasteiger partial charge in [0.15, 0.2) is 0 Å². The highest BCUT2D eigenvalue weighted by molar-refractivity contribution is 5.94. The molecule has 1 aliphatic heterocycles. The van der Waals surface area contributed by atoms with E-state index in [1.54, 1.807) is 29.4 Å². The van der Waals surface area contributed by atoms with Gasteiger partial charge in [0.1, 0.15) is 0 Å². The van der Waals surface area contributed by atoms with Crippen LogP contribution in [-0.4, -0.2) is 40.0 Å². The molecule has 5 heteroatoms. The van der Waals surface area contributed by atoms with E-state index in [0.717, 1.165) is 0 Å². The number of pyridine rings is 1. The Morgan fingerprint density at radius 1 is 1.35 bits per heavy atom. The minimum Gasteiger partial charge on any atom is -0.481 e. The lowest BCUT2D eigenvalue weighted by molar-refractivity contribution is -0.142. The number of nitrogens with zero attached hydrogens (tertiary/aromatic N) is 2. The topological polar surface area (TPSA) is 70.5 Å². The zero-order chi connectivity index (χ0) is 12.4. The molecule has 1 aliphatic rings. The van der Waals surface area contributed by atoms with Gasteiger partial charge in [-0.25, -0.2) is 0 Å². The number of carbonyl (C=O) groups is 2. The van der Waals surface area contributed by atoms with Crippen LogP contribution in [0.3, 0.4) is 0 Å². The van der Waals surface area contributed by atoms with Crippen molar-refractivity contribution < 1.29 is 14.7 Å². The average Bonchev–Trinajstić information content (AvgIpc) is 2.71. The molecule has 2 atom stereocenters. The minimum absolute atomic E-state index is 0.00159. The van der Waals surface area contributed by atoms with Crippen molar-refractivity contribution in [3.05, 3.63) is 30.1 Å². The number of aliphatic carboxylic acids is 1. The first-order chi connectivity index (χ1) is 8.09. The number of hydrogen-bond acceptors (Lipinski definition) is 3. The van der Waals surface area contributed by atoms with E-state index in [2.05, 4.69) is 4.98 Å². The van der Waals surface area contributed by atoms with E-state index in [9.17, 15) is 9.59 Å². The van der Waals surface area contributed by atoms with Crippen molar-refractivity contribution in [3.63, 3.8) is 0 Å². The lowest BCUT2D eigenvalue weighted by Gasteiger charge is -2.15. The van der Waals surface area contributed by atoms with E-state index in [4.69, 9.17) is 5.11 Å². The summed E-state index contributed by atoms with van der Waals surface area (Å²) in [6, 6.07) is 3.28. The third-order valence-electron chi connectivity index (χ3n) is 3.14. The van der Waals surface area contributed by atoms with Crippen LogP contribution in [0.2, 0.25) is 0 Å². The maximum atomic E-state index is 12.1. The molecule has 1 amide bonds. The molecule has 2 heterocycles. The van der Waals surface area contributed by atoms with Crippen LogP contribution in [0, 0.1) is 11.8 Å². The van der Waals surface area contributed by atoms with Crippen molar-refractivity contribution >= 4 is 11.9 Å². The Morgan fingerprint density at radius 2 is 2.00 bits per heavy atom. The highest BCUT2D eigenvalue weighted by Crippen LogP contribution is 2.24. The zero-order valence-corrected chi connectivity index (χ0v) is 9.54. The average molecular weight is 234 g/mol. The normalized spacial score (nSPS) is 23.7. The molecule has 5 nitrogen and oxygen atoms in total. The lowest BCUT2D eigenvalue weighted by Crippen LogP contribution is -2.29. The van der Waals surface area contributed by atoms with Crippen LogP contribution in [0.4, 0.5) is 0 Å². The van der Waals surface area contributed by atoms with E-state index in [1.807, 2.05) is 6.92 Å². The minimum atomic E-state index is -0.831. The van der Waals surface area contributed by atoms with Crippen LogP contribution in [-0.2, 0) is 4.79 Å². The third kappa shape index (κ3) is 2.27.